The Balaban J connectivity index is 4.56. The molecule has 0 fully saturated rings. The van der Waals surface area contributed by atoms with E-state index in [1.165, 1.54) is 0 Å². The molecule has 0 aromatic rings. The molecule has 0 aromatic carbocycles. The van der Waals surface area contributed by atoms with Gasteiger partial charge in [-0.05, 0) is 37.5 Å². The van der Waals surface area contributed by atoms with Gasteiger partial charge in [-0.3, -0.25) is 0 Å². The third kappa shape index (κ3) is 3.87. The van der Waals surface area contributed by atoms with Crippen LogP contribution in [0.15, 0.2) is 12.7 Å². The van der Waals surface area contributed by atoms with Gasteiger partial charge in [-0.25, -0.2) is 3.71 Å². The highest BCUT2D eigenvalue weighted by molar-refractivity contribution is 8.43. The Kier molecular flexibility index (Phi) is 4.21. The van der Waals surface area contributed by atoms with Crippen LogP contribution in [0.25, 0.3) is 0 Å². The fourth-order valence-electron chi connectivity index (χ4n) is 1.22. The molecule has 0 saturated carbocycles. The lowest BCUT2D eigenvalue weighted by atomic mass is 10.7. The second-order valence-corrected chi connectivity index (χ2v) is 12.6. The number of nitrogens with zero attached hydrogens (tertiary/aromatic N) is 1. The van der Waals surface area contributed by atoms with Crippen molar-refractivity contribution in [1.82, 2.24) is 3.71 Å². The second kappa shape index (κ2) is 4.07. The molecule has 12 heavy (non-hydrogen) atoms. The van der Waals surface area contributed by atoms with Gasteiger partial charge in [-0.15, -0.1) is 6.58 Å². The maximum atomic E-state index is 3.81. The van der Waals surface area contributed by atoms with Gasteiger partial charge >= 0.3 is 0 Å². The van der Waals surface area contributed by atoms with Gasteiger partial charge in [0.2, 0.25) is 0 Å². The molecule has 0 aliphatic carbocycles. The van der Waals surface area contributed by atoms with Crippen molar-refractivity contribution in [2.45, 2.75) is 0 Å². The Labute approximate surface area is 81.1 Å². The summed E-state index contributed by atoms with van der Waals surface area (Å²) in [5.74, 6) is 0. The molecule has 0 saturated heterocycles. The van der Waals surface area contributed by atoms with Crippen molar-refractivity contribution >= 4 is 20.4 Å². The van der Waals surface area contributed by atoms with E-state index in [0.29, 0.717) is 0 Å². The lowest BCUT2D eigenvalue weighted by Crippen LogP contribution is -2.28. The summed E-state index contributed by atoms with van der Waals surface area (Å²) >= 11 is 0. The van der Waals surface area contributed by atoms with E-state index in [2.05, 4.69) is 47.8 Å². The Bertz CT molecular complexity index is 139. The van der Waals surface area contributed by atoms with Gasteiger partial charge in [0.05, 0.1) is 0 Å². The van der Waals surface area contributed by atoms with E-state index in [0.717, 1.165) is 6.54 Å². The van der Waals surface area contributed by atoms with Crippen molar-refractivity contribution in [2.75, 3.05) is 44.1 Å². The van der Waals surface area contributed by atoms with Crippen molar-refractivity contribution in [1.29, 1.82) is 0 Å². The first-order valence-corrected chi connectivity index (χ1v) is 9.58. The van der Waals surface area contributed by atoms with Gasteiger partial charge in [0, 0.05) is 6.54 Å². The Morgan fingerprint density at radius 2 is 1.33 bits per heavy atom. The molecule has 0 rings (SSSR count). The lowest BCUT2D eigenvalue weighted by molar-refractivity contribution is 0.811. The fraction of sp³-hybridized carbons (Fsp3) is 0.778. The van der Waals surface area contributed by atoms with E-state index in [1.54, 1.807) is 0 Å². The van der Waals surface area contributed by atoms with Gasteiger partial charge in [-0.2, -0.15) is 20.4 Å². The predicted molar refractivity (Wildman–Crippen MR) is 67.6 cm³/mol. The van der Waals surface area contributed by atoms with Crippen LogP contribution in [-0.4, -0.2) is 47.8 Å². The summed E-state index contributed by atoms with van der Waals surface area (Å²) in [6.45, 7) is 4.84. The van der Waals surface area contributed by atoms with Crippen molar-refractivity contribution in [2.24, 2.45) is 0 Å². The second-order valence-electron chi connectivity index (χ2n) is 4.35. The topological polar surface area (TPSA) is 3.24 Å². The van der Waals surface area contributed by atoms with E-state index in [9.17, 15) is 0 Å². The lowest BCUT2D eigenvalue weighted by Gasteiger charge is -2.50. The van der Waals surface area contributed by atoms with Crippen LogP contribution in [-0.2, 0) is 0 Å². The Hall–Kier alpha value is 0.400. The van der Waals surface area contributed by atoms with Gasteiger partial charge < -0.3 is 0 Å². The number of hydrogen-bond acceptors (Lipinski definition) is 1. The SMILES string of the molecule is C=CCN(S(C)(C)C)S(C)(C)C. The molecule has 0 radical (unpaired) electrons. The summed E-state index contributed by atoms with van der Waals surface area (Å²) < 4.78 is 2.60. The molecule has 0 unspecified atom stereocenters. The maximum absolute atomic E-state index is 3.81. The monoisotopic (exact) mass is 209 g/mol. The zero-order chi connectivity index (χ0) is 9.99. The zero-order valence-corrected chi connectivity index (χ0v) is 10.9. The van der Waals surface area contributed by atoms with Crippen molar-refractivity contribution in [3.63, 3.8) is 0 Å². The fourth-order valence-corrected chi connectivity index (χ4v) is 7.70. The molecular weight excluding hydrogens is 186 g/mol. The quantitative estimate of drug-likeness (QED) is 0.644. The van der Waals surface area contributed by atoms with Crippen LogP contribution in [0.2, 0.25) is 0 Å². The summed E-state index contributed by atoms with van der Waals surface area (Å²) in [6, 6.07) is 0. The molecule has 0 N–H and O–H groups in total. The molecule has 3 heteroatoms. The molecular formula is C9H23NS2. The smallest absolute Gasteiger partial charge is 0.0347 e. The van der Waals surface area contributed by atoms with E-state index in [4.69, 9.17) is 0 Å². The Morgan fingerprint density at radius 1 is 1.00 bits per heavy atom. The minimum Gasteiger partial charge on any atom is -0.229 e. The molecule has 0 aromatic heterocycles. The van der Waals surface area contributed by atoms with Crippen LogP contribution in [0.3, 0.4) is 0 Å². The van der Waals surface area contributed by atoms with E-state index < -0.39 is 20.4 Å². The number of hydrogen-bond donors (Lipinski definition) is 0. The minimum absolute atomic E-state index is 0.586. The third-order valence-electron chi connectivity index (χ3n) is 1.50. The highest BCUT2D eigenvalue weighted by Gasteiger charge is 2.23. The zero-order valence-electron chi connectivity index (χ0n) is 9.26. The van der Waals surface area contributed by atoms with Gasteiger partial charge in [0.15, 0.2) is 0 Å². The summed E-state index contributed by atoms with van der Waals surface area (Å²) in [5, 5.41) is 0. The van der Waals surface area contributed by atoms with Crippen LogP contribution in [0.5, 0.6) is 0 Å². The van der Waals surface area contributed by atoms with Gasteiger partial charge in [-0.1, -0.05) is 6.08 Å². The summed E-state index contributed by atoms with van der Waals surface area (Å²) in [4.78, 5) is 0. The van der Waals surface area contributed by atoms with E-state index in [1.807, 2.05) is 6.08 Å². The minimum atomic E-state index is -0.586. The number of rotatable bonds is 4. The molecule has 0 aliphatic heterocycles. The van der Waals surface area contributed by atoms with Crippen molar-refractivity contribution < 1.29 is 0 Å². The first-order valence-electron chi connectivity index (χ1n) is 3.95. The Morgan fingerprint density at radius 3 is 1.42 bits per heavy atom. The highest BCUT2D eigenvalue weighted by atomic mass is 32.3. The first kappa shape index (κ1) is 12.4. The molecule has 0 aliphatic rings. The summed E-state index contributed by atoms with van der Waals surface area (Å²) in [6.07, 6.45) is 16.1. The van der Waals surface area contributed by atoms with E-state index >= 15 is 0 Å². The summed E-state index contributed by atoms with van der Waals surface area (Å²) in [7, 11) is -1.17. The average Bonchev–Trinajstić information content (AvgIpc) is 1.77. The molecule has 76 valence electrons. The molecule has 0 heterocycles. The standard InChI is InChI=1S/C9H23NS2/c1-8-9-10(11(2,3)4)12(5,6)7/h8H,1,9H2,2-7H3. The third-order valence-corrected chi connectivity index (χ3v) is 6.93. The molecule has 1 nitrogen and oxygen atoms in total. The van der Waals surface area contributed by atoms with Crippen LogP contribution >= 0.6 is 20.4 Å². The molecule has 0 spiro atoms. The van der Waals surface area contributed by atoms with Crippen LogP contribution in [0.4, 0.5) is 0 Å². The van der Waals surface area contributed by atoms with Crippen LogP contribution in [0.1, 0.15) is 0 Å². The first-order chi connectivity index (χ1) is 5.19. The largest absolute Gasteiger partial charge is 0.229 e. The van der Waals surface area contributed by atoms with E-state index in [-0.39, 0.29) is 0 Å². The maximum Gasteiger partial charge on any atom is 0.0347 e. The average molecular weight is 209 g/mol. The van der Waals surface area contributed by atoms with Crippen molar-refractivity contribution in [3.05, 3.63) is 12.7 Å². The van der Waals surface area contributed by atoms with Gasteiger partial charge in [0.1, 0.15) is 0 Å². The van der Waals surface area contributed by atoms with Crippen LogP contribution in [0, 0.1) is 0 Å². The highest BCUT2D eigenvalue weighted by Crippen LogP contribution is 2.56. The molecule has 0 atom stereocenters. The van der Waals surface area contributed by atoms with Crippen molar-refractivity contribution in [3.8, 4) is 0 Å². The molecule has 0 bridgehead atoms. The van der Waals surface area contributed by atoms with Gasteiger partial charge in [0.25, 0.3) is 0 Å². The normalized spacial score (nSPS) is 16.2. The predicted octanol–water partition coefficient (Wildman–Crippen LogP) is 2.69. The summed E-state index contributed by atoms with van der Waals surface area (Å²) in [5.41, 5.74) is 0. The van der Waals surface area contributed by atoms with Crippen LogP contribution < -0.4 is 0 Å². The molecule has 0 amide bonds.